The predicted octanol–water partition coefficient (Wildman–Crippen LogP) is 4.17. The third-order valence-corrected chi connectivity index (χ3v) is 6.11. The van der Waals surface area contributed by atoms with Gasteiger partial charge in [0.2, 0.25) is 5.82 Å². The van der Waals surface area contributed by atoms with Crippen molar-refractivity contribution in [2.24, 2.45) is 0 Å². The van der Waals surface area contributed by atoms with Crippen LogP contribution < -0.4 is 15.0 Å². The number of likely N-dealkylation sites (N-methyl/N-ethyl adjacent to an activating group) is 1. The Balaban J connectivity index is 1.51. The van der Waals surface area contributed by atoms with Crippen molar-refractivity contribution in [3.05, 3.63) is 71.8 Å². The zero-order chi connectivity index (χ0) is 25.0. The van der Waals surface area contributed by atoms with Crippen molar-refractivity contribution in [3.63, 3.8) is 0 Å². The van der Waals surface area contributed by atoms with Crippen LogP contribution in [-0.4, -0.2) is 51.5 Å². The van der Waals surface area contributed by atoms with Gasteiger partial charge in [0.1, 0.15) is 29.2 Å². The number of hydrogen-bond donors (Lipinski definition) is 1. The lowest BCUT2D eigenvalue weighted by Crippen LogP contribution is -2.48. The van der Waals surface area contributed by atoms with Gasteiger partial charge in [0.05, 0.1) is 5.69 Å². The van der Waals surface area contributed by atoms with Gasteiger partial charge in [-0.1, -0.05) is 54.7 Å². The highest BCUT2D eigenvalue weighted by Gasteiger charge is 2.30. The van der Waals surface area contributed by atoms with E-state index < -0.39 is 24.5 Å². The summed E-state index contributed by atoms with van der Waals surface area (Å²) in [6.45, 7) is 0.111. The lowest BCUT2D eigenvalue weighted by molar-refractivity contribution is -0.136. The summed E-state index contributed by atoms with van der Waals surface area (Å²) < 4.78 is 45.2. The van der Waals surface area contributed by atoms with Crippen LogP contribution in [0.25, 0.3) is 0 Å². The molecule has 4 rings (SSSR count). The van der Waals surface area contributed by atoms with Crippen LogP contribution in [0.2, 0.25) is 0 Å². The minimum Gasteiger partial charge on any atom is -0.489 e. The summed E-state index contributed by atoms with van der Waals surface area (Å²) in [5.74, 6) is 0.346. The minimum atomic E-state index is -4.26. The second-order valence-corrected chi connectivity index (χ2v) is 8.58. The van der Waals surface area contributed by atoms with Crippen LogP contribution in [0, 0.1) is 0 Å². The smallest absolute Gasteiger partial charge is 0.389 e. The predicted molar refractivity (Wildman–Crippen MR) is 129 cm³/mol. The molecule has 0 saturated heterocycles. The van der Waals surface area contributed by atoms with Crippen molar-refractivity contribution in [1.82, 2.24) is 20.1 Å². The first-order valence-electron chi connectivity index (χ1n) is 11.1. The lowest BCUT2D eigenvalue weighted by Gasteiger charge is -2.23. The number of thiocarbonyl (C=S) groups is 1. The van der Waals surface area contributed by atoms with Crippen LogP contribution in [0.1, 0.15) is 34.8 Å². The SMILES string of the molecule is CN1C(=S)[C@@H](NC(=O)c2nc(Cc3ccccc3)n(CCCC(F)(F)F)n2)COc2ccccc21. The van der Waals surface area contributed by atoms with Gasteiger partial charge >= 0.3 is 6.18 Å². The number of nitrogens with one attached hydrogen (secondary N) is 1. The monoisotopic (exact) mass is 503 g/mol. The Morgan fingerprint density at radius 2 is 1.89 bits per heavy atom. The highest BCUT2D eigenvalue weighted by Crippen LogP contribution is 2.30. The highest BCUT2D eigenvalue weighted by molar-refractivity contribution is 7.80. The number of benzene rings is 2. The van der Waals surface area contributed by atoms with Crippen LogP contribution in [0.4, 0.5) is 18.9 Å². The average Bonchev–Trinajstić information content (AvgIpc) is 3.18. The molecule has 11 heteroatoms. The summed E-state index contributed by atoms with van der Waals surface area (Å²) in [6, 6.07) is 16.1. The lowest BCUT2D eigenvalue weighted by atomic mass is 10.1. The number of alkyl halides is 3. The van der Waals surface area contributed by atoms with Crippen molar-refractivity contribution in [2.75, 3.05) is 18.6 Å². The van der Waals surface area contributed by atoms with Crippen molar-refractivity contribution in [3.8, 4) is 5.75 Å². The van der Waals surface area contributed by atoms with Gasteiger partial charge in [-0.2, -0.15) is 13.2 Å². The minimum absolute atomic E-state index is 0.00897. The fourth-order valence-electron chi connectivity index (χ4n) is 3.77. The number of carbonyl (C=O) groups is 1. The largest absolute Gasteiger partial charge is 0.489 e. The molecule has 2 aromatic carbocycles. The first-order valence-corrected chi connectivity index (χ1v) is 11.5. The molecule has 1 N–H and O–H groups in total. The van der Waals surface area contributed by atoms with E-state index >= 15 is 0 Å². The van der Waals surface area contributed by atoms with E-state index in [1.165, 1.54) is 4.68 Å². The number of rotatable bonds is 7. The molecule has 0 spiro atoms. The Morgan fingerprint density at radius 1 is 1.17 bits per heavy atom. The molecule has 2 heterocycles. The highest BCUT2D eigenvalue weighted by atomic mass is 32.1. The number of aromatic nitrogens is 3. The summed E-state index contributed by atoms with van der Waals surface area (Å²) in [5, 5.41) is 7.04. The Bertz CT molecular complexity index is 1200. The first kappa shape index (κ1) is 24.6. The summed E-state index contributed by atoms with van der Waals surface area (Å²) in [7, 11) is 1.79. The number of ether oxygens (including phenoxy) is 1. The molecule has 1 aromatic heterocycles. The normalized spacial score (nSPS) is 15.8. The average molecular weight is 504 g/mol. The van der Waals surface area contributed by atoms with E-state index in [1.54, 1.807) is 11.9 Å². The molecule has 0 saturated carbocycles. The van der Waals surface area contributed by atoms with E-state index in [0.29, 0.717) is 23.0 Å². The number of anilines is 1. The van der Waals surface area contributed by atoms with Gasteiger partial charge < -0.3 is 15.0 Å². The van der Waals surface area contributed by atoms with Crippen molar-refractivity contribution < 1.29 is 22.7 Å². The standard InChI is InChI=1S/C24H24F3N5O2S/c1-31-18-10-5-6-11-19(18)34-15-17(23(31)35)28-22(33)21-29-20(14-16-8-3-2-4-9-16)32(30-21)13-7-12-24(25,26)27/h2-6,8-11,17H,7,12-15H2,1H3,(H,28,33)/t17-/m0/s1. The summed E-state index contributed by atoms with van der Waals surface area (Å²) >= 11 is 5.57. The number of aryl methyl sites for hydroxylation is 1. The van der Waals surface area contributed by atoms with E-state index in [9.17, 15) is 18.0 Å². The van der Waals surface area contributed by atoms with E-state index in [1.807, 2.05) is 54.6 Å². The fraction of sp³-hybridized carbons (Fsp3) is 0.333. The maximum absolute atomic E-state index is 13.0. The molecule has 0 aliphatic carbocycles. The van der Waals surface area contributed by atoms with Crippen LogP contribution in [0.5, 0.6) is 5.75 Å². The molecular formula is C24H24F3N5O2S. The Hall–Kier alpha value is -3.47. The van der Waals surface area contributed by atoms with Crippen LogP contribution >= 0.6 is 12.2 Å². The molecule has 3 aromatic rings. The number of para-hydroxylation sites is 2. The second kappa shape index (κ2) is 10.4. The molecule has 0 unspecified atom stereocenters. The number of amides is 1. The molecule has 7 nitrogen and oxygen atoms in total. The van der Waals surface area contributed by atoms with Gasteiger partial charge in [-0.25, -0.2) is 9.67 Å². The first-order chi connectivity index (χ1) is 16.7. The maximum atomic E-state index is 13.0. The maximum Gasteiger partial charge on any atom is 0.389 e. The fourth-order valence-corrected chi connectivity index (χ4v) is 3.99. The zero-order valence-electron chi connectivity index (χ0n) is 19.0. The molecule has 1 aliphatic heterocycles. The van der Waals surface area contributed by atoms with E-state index in [2.05, 4.69) is 15.4 Å². The number of nitrogens with zero attached hydrogens (tertiary/aromatic N) is 4. The molecule has 35 heavy (non-hydrogen) atoms. The Kier molecular flexibility index (Phi) is 7.34. The number of fused-ring (bicyclic) bond motifs is 1. The topological polar surface area (TPSA) is 72.3 Å². The number of carbonyl (C=O) groups excluding carboxylic acids is 1. The van der Waals surface area contributed by atoms with Crippen LogP contribution in [0.3, 0.4) is 0 Å². The molecule has 1 aliphatic rings. The van der Waals surface area contributed by atoms with E-state index in [0.717, 1.165) is 11.3 Å². The second-order valence-electron chi connectivity index (χ2n) is 8.16. The van der Waals surface area contributed by atoms with Gasteiger partial charge in [-0.15, -0.1) is 5.10 Å². The molecular weight excluding hydrogens is 479 g/mol. The van der Waals surface area contributed by atoms with Gasteiger partial charge in [-0.3, -0.25) is 4.79 Å². The van der Waals surface area contributed by atoms with E-state index in [-0.39, 0.29) is 25.4 Å². The van der Waals surface area contributed by atoms with Gasteiger partial charge in [-0.05, 0) is 24.1 Å². The van der Waals surface area contributed by atoms with Crippen LogP contribution in [0.15, 0.2) is 54.6 Å². The van der Waals surface area contributed by atoms with Gasteiger partial charge in [0.25, 0.3) is 5.91 Å². The van der Waals surface area contributed by atoms with Crippen molar-refractivity contribution in [1.29, 1.82) is 0 Å². The van der Waals surface area contributed by atoms with Gasteiger partial charge in [0, 0.05) is 26.4 Å². The summed E-state index contributed by atoms with van der Waals surface area (Å²) in [6.07, 6.45) is -5.05. The van der Waals surface area contributed by atoms with Crippen LogP contribution in [-0.2, 0) is 13.0 Å². The molecule has 1 atom stereocenters. The molecule has 184 valence electrons. The molecule has 0 bridgehead atoms. The third kappa shape index (κ3) is 6.16. The molecule has 1 amide bonds. The van der Waals surface area contributed by atoms with Crippen molar-refractivity contribution in [2.45, 2.75) is 38.0 Å². The van der Waals surface area contributed by atoms with E-state index in [4.69, 9.17) is 17.0 Å². The number of hydrogen-bond acceptors (Lipinski definition) is 5. The zero-order valence-corrected chi connectivity index (χ0v) is 19.8. The Labute approximate surface area is 205 Å². The molecule has 0 radical (unpaired) electrons. The number of halogens is 3. The summed E-state index contributed by atoms with van der Waals surface area (Å²) in [5.41, 5.74) is 1.69. The third-order valence-electron chi connectivity index (χ3n) is 5.55. The molecule has 0 fully saturated rings. The Morgan fingerprint density at radius 3 is 2.63 bits per heavy atom. The quantitative estimate of drug-likeness (QED) is 0.488. The van der Waals surface area contributed by atoms with Crippen molar-refractivity contribution >= 4 is 28.8 Å². The summed E-state index contributed by atoms with van der Waals surface area (Å²) in [4.78, 5) is 19.6. The van der Waals surface area contributed by atoms with Gasteiger partial charge in [0.15, 0.2) is 0 Å².